The van der Waals surface area contributed by atoms with E-state index in [0.717, 1.165) is 0 Å². The summed E-state index contributed by atoms with van der Waals surface area (Å²) >= 11 is 5.54. The van der Waals surface area contributed by atoms with E-state index in [4.69, 9.17) is 16.3 Å². The Morgan fingerprint density at radius 1 is 1.50 bits per heavy atom. The van der Waals surface area contributed by atoms with Crippen molar-refractivity contribution in [3.05, 3.63) is 11.0 Å². The summed E-state index contributed by atoms with van der Waals surface area (Å²) in [6.45, 7) is 3.86. The summed E-state index contributed by atoms with van der Waals surface area (Å²) in [6, 6.07) is 0. The molecule has 0 bridgehead atoms. The molecule has 4 nitrogen and oxygen atoms in total. The molecule has 0 saturated carbocycles. The minimum atomic E-state index is -0.0544. The van der Waals surface area contributed by atoms with Gasteiger partial charge in [-0.1, -0.05) is 0 Å². The van der Waals surface area contributed by atoms with E-state index in [0.29, 0.717) is 12.3 Å². The van der Waals surface area contributed by atoms with Crippen molar-refractivity contribution in [1.29, 1.82) is 0 Å². The van der Waals surface area contributed by atoms with Crippen molar-refractivity contribution >= 4 is 11.6 Å². The molecule has 0 amide bonds. The maximum absolute atomic E-state index is 9.34. The Morgan fingerprint density at radius 2 is 2.17 bits per heavy atom. The highest BCUT2D eigenvalue weighted by atomic mass is 35.5. The van der Waals surface area contributed by atoms with Gasteiger partial charge >= 0.3 is 0 Å². The predicted molar refractivity (Wildman–Crippen MR) is 44.6 cm³/mol. The fraction of sp³-hybridized carbons (Fsp3) is 0.429. The van der Waals surface area contributed by atoms with Gasteiger partial charge < -0.3 is 9.84 Å². The standard InChI is InChI=1S/C7H9ClN2O2/c1-3-12-6-5(11)4(2)9-7(8)10-6/h11H,3H2,1-2H3. The molecule has 0 fully saturated rings. The molecule has 1 rings (SSSR count). The fourth-order valence-electron chi connectivity index (χ4n) is 0.745. The molecule has 0 spiro atoms. The van der Waals surface area contributed by atoms with Gasteiger partial charge in [0.2, 0.25) is 5.28 Å². The molecule has 12 heavy (non-hydrogen) atoms. The molecule has 0 aliphatic rings. The van der Waals surface area contributed by atoms with Crippen LogP contribution in [-0.2, 0) is 0 Å². The van der Waals surface area contributed by atoms with E-state index in [1.54, 1.807) is 13.8 Å². The Hall–Kier alpha value is -1.03. The van der Waals surface area contributed by atoms with Crippen LogP contribution in [0.4, 0.5) is 0 Å². The molecular formula is C7H9ClN2O2. The Labute approximate surface area is 75.2 Å². The summed E-state index contributed by atoms with van der Waals surface area (Å²) in [5.74, 6) is 0.0799. The van der Waals surface area contributed by atoms with Crippen molar-refractivity contribution in [1.82, 2.24) is 9.97 Å². The average Bonchev–Trinajstić information content (AvgIpc) is 2.00. The Morgan fingerprint density at radius 3 is 2.75 bits per heavy atom. The van der Waals surface area contributed by atoms with Gasteiger partial charge in [-0.05, 0) is 25.4 Å². The summed E-state index contributed by atoms with van der Waals surface area (Å²) < 4.78 is 5.01. The number of aromatic nitrogens is 2. The molecule has 1 N–H and O–H groups in total. The van der Waals surface area contributed by atoms with E-state index in [1.807, 2.05) is 0 Å². The zero-order chi connectivity index (χ0) is 9.14. The molecule has 0 aromatic carbocycles. The second kappa shape index (κ2) is 3.58. The molecule has 0 aliphatic carbocycles. The number of rotatable bonds is 2. The highest BCUT2D eigenvalue weighted by Gasteiger charge is 2.09. The van der Waals surface area contributed by atoms with Crippen LogP contribution in [0.1, 0.15) is 12.6 Å². The first-order valence-corrected chi connectivity index (χ1v) is 3.88. The first-order valence-electron chi connectivity index (χ1n) is 3.51. The molecule has 5 heteroatoms. The van der Waals surface area contributed by atoms with Gasteiger partial charge in [-0.15, -0.1) is 0 Å². The van der Waals surface area contributed by atoms with Gasteiger partial charge in [0, 0.05) is 0 Å². The van der Waals surface area contributed by atoms with Crippen LogP contribution in [0.25, 0.3) is 0 Å². The summed E-state index contributed by atoms with van der Waals surface area (Å²) in [6.07, 6.45) is 0. The van der Waals surface area contributed by atoms with Crippen molar-refractivity contribution in [2.45, 2.75) is 13.8 Å². The highest BCUT2D eigenvalue weighted by molar-refractivity contribution is 6.28. The number of ether oxygens (including phenoxy) is 1. The summed E-state index contributed by atoms with van der Waals surface area (Å²) in [4.78, 5) is 7.45. The quantitative estimate of drug-likeness (QED) is 0.716. The highest BCUT2D eigenvalue weighted by Crippen LogP contribution is 2.26. The minimum Gasteiger partial charge on any atom is -0.502 e. The largest absolute Gasteiger partial charge is 0.502 e. The van der Waals surface area contributed by atoms with Crippen molar-refractivity contribution in [2.24, 2.45) is 0 Å². The van der Waals surface area contributed by atoms with E-state index in [1.165, 1.54) is 0 Å². The zero-order valence-corrected chi connectivity index (χ0v) is 7.59. The third kappa shape index (κ3) is 1.76. The minimum absolute atomic E-state index is 0.0544. The van der Waals surface area contributed by atoms with Crippen LogP contribution in [-0.4, -0.2) is 21.7 Å². The van der Waals surface area contributed by atoms with E-state index in [2.05, 4.69) is 9.97 Å². The van der Waals surface area contributed by atoms with Crippen molar-refractivity contribution in [3.8, 4) is 11.6 Å². The molecule has 0 radical (unpaired) electrons. The van der Waals surface area contributed by atoms with Gasteiger partial charge in [-0.2, -0.15) is 4.98 Å². The van der Waals surface area contributed by atoms with E-state index in [9.17, 15) is 5.11 Å². The lowest BCUT2D eigenvalue weighted by molar-refractivity contribution is 0.302. The van der Waals surface area contributed by atoms with Crippen LogP contribution in [0.15, 0.2) is 0 Å². The number of aromatic hydroxyl groups is 1. The number of hydrogen-bond acceptors (Lipinski definition) is 4. The van der Waals surface area contributed by atoms with Crippen LogP contribution in [0.3, 0.4) is 0 Å². The van der Waals surface area contributed by atoms with E-state index < -0.39 is 0 Å². The maximum Gasteiger partial charge on any atom is 0.261 e. The second-order valence-electron chi connectivity index (χ2n) is 2.16. The smallest absolute Gasteiger partial charge is 0.261 e. The Balaban J connectivity index is 3.09. The molecule has 0 atom stereocenters. The van der Waals surface area contributed by atoms with E-state index >= 15 is 0 Å². The topological polar surface area (TPSA) is 55.2 Å². The first-order chi connectivity index (χ1) is 5.65. The third-order valence-electron chi connectivity index (χ3n) is 1.28. The number of hydrogen-bond donors (Lipinski definition) is 1. The predicted octanol–water partition coefficient (Wildman–Crippen LogP) is 1.54. The normalized spacial score (nSPS) is 9.92. The van der Waals surface area contributed by atoms with Crippen LogP contribution < -0.4 is 4.74 Å². The number of nitrogens with zero attached hydrogens (tertiary/aromatic N) is 2. The van der Waals surface area contributed by atoms with Crippen LogP contribution >= 0.6 is 11.6 Å². The fourth-order valence-corrected chi connectivity index (χ4v) is 0.949. The lowest BCUT2D eigenvalue weighted by atomic mass is 10.4. The summed E-state index contributed by atoms with van der Waals surface area (Å²) in [5, 5.41) is 9.42. The Kier molecular flexibility index (Phi) is 2.70. The number of halogens is 1. The Bertz CT molecular complexity index is 291. The third-order valence-corrected chi connectivity index (χ3v) is 1.45. The van der Waals surface area contributed by atoms with Gasteiger partial charge in [-0.25, -0.2) is 4.98 Å². The zero-order valence-electron chi connectivity index (χ0n) is 6.83. The first kappa shape index (κ1) is 9.06. The molecule has 1 aromatic heterocycles. The van der Waals surface area contributed by atoms with Gasteiger partial charge in [-0.3, -0.25) is 0 Å². The van der Waals surface area contributed by atoms with Crippen molar-refractivity contribution in [3.63, 3.8) is 0 Å². The molecule has 0 unspecified atom stereocenters. The van der Waals surface area contributed by atoms with Gasteiger partial charge in [0.1, 0.15) is 0 Å². The molecular weight excluding hydrogens is 180 g/mol. The van der Waals surface area contributed by atoms with E-state index in [-0.39, 0.29) is 16.9 Å². The van der Waals surface area contributed by atoms with Crippen LogP contribution in [0.5, 0.6) is 11.6 Å². The molecule has 1 aromatic rings. The van der Waals surface area contributed by atoms with Crippen LogP contribution in [0, 0.1) is 6.92 Å². The maximum atomic E-state index is 9.34. The monoisotopic (exact) mass is 188 g/mol. The average molecular weight is 189 g/mol. The summed E-state index contributed by atoms with van der Waals surface area (Å²) in [7, 11) is 0. The van der Waals surface area contributed by atoms with Crippen molar-refractivity contribution < 1.29 is 9.84 Å². The molecule has 1 heterocycles. The lowest BCUT2D eigenvalue weighted by Crippen LogP contribution is -1.98. The van der Waals surface area contributed by atoms with Crippen molar-refractivity contribution in [2.75, 3.05) is 6.61 Å². The summed E-state index contributed by atoms with van der Waals surface area (Å²) in [5.41, 5.74) is 0.415. The van der Waals surface area contributed by atoms with Crippen LogP contribution in [0.2, 0.25) is 5.28 Å². The SMILES string of the molecule is CCOc1nc(Cl)nc(C)c1O. The molecule has 66 valence electrons. The van der Waals surface area contributed by atoms with Gasteiger partial charge in [0.15, 0.2) is 5.75 Å². The molecule has 0 aliphatic heterocycles. The van der Waals surface area contributed by atoms with Gasteiger partial charge in [0.05, 0.1) is 12.3 Å². The number of aryl methyl sites for hydroxylation is 1. The second-order valence-corrected chi connectivity index (χ2v) is 2.50. The van der Waals surface area contributed by atoms with Gasteiger partial charge in [0.25, 0.3) is 5.88 Å². The lowest BCUT2D eigenvalue weighted by Gasteiger charge is -2.05. The molecule has 0 saturated heterocycles.